The zero-order chi connectivity index (χ0) is 27.9. The number of hydrogen-bond acceptors (Lipinski definition) is 4. The summed E-state index contributed by atoms with van der Waals surface area (Å²) in [6.45, 7) is 11.2. The number of aryl methyl sites for hydroxylation is 1. The van der Waals surface area contributed by atoms with E-state index in [2.05, 4.69) is 6.58 Å². The van der Waals surface area contributed by atoms with Crippen molar-refractivity contribution < 1.29 is 21.7 Å². The first-order valence-corrected chi connectivity index (χ1v) is 17.8. The molecule has 1 aromatic rings. The lowest BCUT2D eigenvalue weighted by molar-refractivity contribution is -0.904. The highest BCUT2D eigenvalue weighted by atomic mass is 32.2. The van der Waals surface area contributed by atoms with Gasteiger partial charge in [0, 0.05) is 58.0 Å². The highest BCUT2D eigenvalue weighted by molar-refractivity contribution is 7.89. The van der Waals surface area contributed by atoms with Crippen LogP contribution in [0, 0.1) is 12.8 Å². The van der Waals surface area contributed by atoms with E-state index in [0.29, 0.717) is 37.7 Å². The van der Waals surface area contributed by atoms with Gasteiger partial charge >= 0.3 is 0 Å². The van der Waals surface area contributed by atoms with Crippen molar-refractivity contribution in [2.24, 2.45) is 5.92 Å². The molecule has 0 spiro atoms. The number of hydrogen-bond donors (Lipinski definition) is 1. The molecule has 1 aromatic carbocycles. The van der Waals surface area contributed by atoms with Gasteiger partial charge < -0.3 is 4.90 Å². The molecule has 1 N–H and O–H groups in total. The number of nitrogens with zero attached hydrogens (tertiary/aromatic N) is 3. The third-order valence-electron chi connectivity index (χ3n) is 8.60. The van der Waals surface area contributed by atoms with Gasteiger partial charge in [-0.3, -0.25) is 0 Å². The fraction of sp³-hybridized carbons (Fsp3) is 0.724. The van der Waals surface area contributed by atoms with E-state index in [1.807, 2.05) is 19.1 Å². The Morgan fingerprint density at radius 2 is 1.28 bits per heavy atom. The van der Waals surface area contributed by atoms with Gasteiger partial charge in [0.15, 0.2) is 0 Å². The van der Waals surface area contributed by atoms with Crippen LogP contribution in [0.5, 0.6) is 0 Å². The quantitative estimate of drug-likeness (QED) is 0.524. The molecular formula is C29H49N4O4S2+. The Bertz CT molecular complexity index is 1140. The molecule has 0 radical (unpaired) electrons. The maximum atomic E-state index is 13.7. The molecular weight excluding hydrogens is 532 g/mol. The molecule has 10 heteroatoms. The molecule has 2 aliphatic heterocycles. The summed E-state index contributed by atoms with van der Waals surface area (Å²) in [5.74, 6) is 0.710. The van der Waals surface area contributed by atoms with Crippen LogP contribution in [0.15, 0.2) is 41.3 Å². The molecule has 2 saturated heterocycles. The van der Waals surface area contributed by atoms with Gasteiger partial charge in [0.05, 0.1) is 24.5 Å². The SMILES string of the molecule is C=C1CN(S(=O)(=O)c2ccc(C)cc2)CCC[NH+](CC2CCCCC2)CCCN(S(=O)(=O)N2CCCCC2)C1. The Morgan fingerprint density at radius 3 is 1.92 bits per heavy atom. The number of sulfonamides is 1. The first-order valence-electron chi connectivity index (χ1n) is 15.0. The summed E-state index contributed by atoms with van der Waals surface area (Å²) in [6.07, 6.45) is 10.9. The van der Waals surface area contributed by atoms with Crippen molar-refractivity contribution in [1.82, 2.24) is 12.9 Å². The van der Waals surface area contributed by atoms with Gasteiger partial charge in [-0.1, -0.05) is 50.0 Å². The Labute approximate surface area is 237 Å². The highest BCUT2D eigenvalue weighted by Gasteiger charge is 2.33. The van der Waals surface area contributed by atoms with Gasteiger partial charge in [0.25, 0.3) is 10.2 Å². The monoisotopic (exact) mass is 581 g/mol. The standard InChI is InChI=1S/C29H48N4O4S2/c1-26-13-15-29(16-14-26)38(34,35)32-21-9-17-30(25-28-11-5-3-6-12-28)18-10-22-33(24-27(2)23-32)39(36,37)31-19-7-4-8-20-31/h13-16,28H,2-12,17-25H2,1H3/p+1. The van der Waals surface area contributed by atoms with Gasteiger partial charge in [-0.25, -0.2) is 8.42 Å². The minimum Gasteiger partial charge on any atom is -0.335 e. The fourth-order valence-electron chi connectivity index (χ4n) is 6.37. The molecule has 2 heterocycles. The second kappa shape index (κ2) is 14.0. The zero-order valence-electron chi connectivity index (χ0n) is 23.8. The summed E-state index contributed by atoms with van der Waals surface area (Å²) < 4.78 is 59.6. The van der Waals surface area contributed by atoms with Crippen molar-refractivity contribution in [2.75, 3.05) is 58.9 Å². The molecule has 220 valence electrons. The summed E-state index contributed by atoms with van der Waals surface area (Å²) in [5, 5.41) is 0. The number of nitrogens with one attached hydrogen (secondary N) is 1. The average molecular weight is 582 g/mol. The van der Waals surface area contributed by atoms with E-state index in [9.17, 15) is 16.8 Å². The smallest absolute Gasteiger partial charge is 0.282 e. The van der Waals surface area contributed by atoms with Gasteiger partial charge in [-0.05, 0) is 50.3 Å². The third-order valence-corrected chi connectivity index (χ3v) is 12.4. The van der Waals surface area contributed by atoms with Crippen LogP contribution in [0.4, 0.5) is 0 Å². The van der Waals surface area contributed by atoms with Crippen LogP contribution in [0.3, 0.4) is 0 Å². The van der Waals surface area contributed by atoms with Crippen molar-refractivity contribution in [2.45, 2.75) is 76.0 Å². The van der Waals surface area contributed by atoms with Crippen LogP contribution >= 0.6 is 0 Å². The summed E-state index contributed by atoms with van der Waals surface area (Å²) in [7, 11) is -7.37. The summed E-state index contributed by atoms with van der Waals surface area (Å²) >= 11 is 0. The lowest BCUT2D eigenvalue weighted by Gasteiger charge is -2.34. The number of rotatable bonds is 6. The Hall–Kier alpha value is -1.30. The fourth-order valence-corrected chi connectivity index (χ4v) is 9.62. The van der Waals surface area contributed by atoms with E-state index in [1.165, 1.54) is 41.3 Å². The lowest BCUT2D eigenvalue weighted by Crippen LogP contribution is -3.12. The van der Waals surface area contributed by atoms with Crippen LogP contribution in [-0.2, 0) is 20.2 Å². The van der Waals surface area contributed by atoms with Gasteiger partial charge in [-0.15, -0.1) is 0 Å². The molecule has 0 aromatic heterocycles. The van der Waals surface area contributed by atoms with Crippen molar-refractivity contribution in [1.29, 1.82) is 0 Å². The summed E-state index contributed by atoms with van der Waals surface area (Å²) in [5.41, 5.74) is 1.62. The number of piperidine rings is 1. The second-order valence-electron chi connectivity index (χ2n) is 11.9. The van der Waals surface area contributed by atoms with E-state index < -0.39 is 20.2 Å². The van der Waals surface area contributed by atoms with Crippen LogP contribution < -0.4 is 4.90 Å². The normalized spacial score (nSPS) is 25.2. The maximum Gasteiger partial charge on any atom is 0.282 e. The second-order valence-corrected chi connectivity index (χ2v) is 15.7. The minimum atomic E-state index is -3.73. The largest absolute Gasteiger partial charge is 0.335 e. The Morgan fingerprint density at radius 1 is 0.744 bits per heavy atom. The topological polar surface area (TPSA) is 82.4 Å². The Kier molecular flexibility index (Phi) is 11.0. The number of benzene rings is 1. The van der Waals surface area contributed by atoms with E-state index in [4.69, 9.17) is 0 Å². The lowest BCUT2D eigenvalue weighted by atomic mass is 9.89. The first kappa shape index (κ1) is 30.7. The molecule has 3 fully saturated rings. The van der Waals surface area contributed by atoms with E-state index >= 15 is 0 Å². The van der Waals surface area contributed by atoms with Gasteiger partial charge in [0.1, 0.15) is 0 Å². The van der Waals surface area contributed by atoms with Crippen LogP contribution in [0.25, 0.3) is 0 Å². The van der Waals surface area contributed by atoms with Gasteiger partial charge in [-0.2, -0.15) is 21.3 Å². The molecule has 3 aliphatic rings. The molecule has 4 rings (SSSR count). The third kappa shape index (κ3) is 8.36. The van der Waals surface area contributed by atoms with Crippen molar-refractivity contribution in [3.05, 3.63) is 42.0 Å². The van der Waals surface area contributed by atoms with Crippen molar-refractivity contribution >= 4 is 20.2 Å². The molecule has 1 unspecified atom stereocenters. The maximum absolute atomic E-state index is 13.7. The molecule has 8 nitrogen and oxygen atoms in total. The molecule has 0 amide bonds. The first-order chi connectivity index (χ1) is 18.7. The van der Waals surface area contributed by atoms with Crippen LogP contribution in [0.2, 0.25) is 0 Å². The molecule has 1 atom stereocenters. The zero-order valence-corrected chi connectivity index (χ0v) is 25.5. The Balaban J connectivity index is 1.56. The van der Waals surface area contributed by atoms with E-state index in [0.717, 1.165) is 57.3 Å². The summed E-state index contributed by atoms with van der Waals surface area (Å²) in [4.78, 5) is 1.75. The molecule has 0 bridgehead atoms. The van der Waals surface area contributed by atoms with E-state index in [1.54, 1.807) is 20.7 Å². The summed E-state index contributed by atoms with van der Waals surface area (Å²) in [6, 6.07) is 6.97. The van der Waals surface area contributed by atoms with Gasteiger partial charge in [0.2, 0.25) is 10.0 Å². The minimum absolute atomic E-state index is 0.125. The number of quaternary nitrogens is 1. The average Bonchev–Trinajstić information content (AvgIpc) is 2.92. The van der Waals surface area contributed by atoms with Crippen molar-refractivity contribution in [3.63, 3.8) is 0 Å². The predicted octanol–water partition coefficient (Wildman–Crippen LogP) is 2.83. The van der Waals surface area contributed by atoms with E-state index in [-0.39, 0.29) is 18.0 Å². The highest BCUT2D eigenvalue weighted by Crippen LogP contribution is 2.23. The van der Waals surface area contributed by atoms with Crippen molar-refractivity contribution in [3.8, 4) is 0 Å². The van der Waals surface area contributed by atoms with Crippen LogP contribution in [0.1, 0.15) is 69.8 Å². The molecule has 1 aliphatic carbocycles. The predicted molar refractivity (Wildman–Crippen MR) is 156 cm³/mol. The molecule has 1 saturated carbocycles. The van der Waals surface area contributed by atoms with Crippen LogP contribution in [-0.4, -0.2) is 88.7 Å². The molecule has 39 heavy (non-hydrogen) atoms.